The molecule has 0 aromatic heterocycles. The zero-order chi connectivity index (χ0) is 67.1. The van der Waals surface area contributed by atoms with Gasteiger partial charge in [-0.3, -0.25) is 14.4 Å². The number of methoxy groups -OCH3 is 3. The molecule has 0 amide bonds. The van der Waals surface area contributed by atoms with Crippen LogP contribution in [0.25, 0.3) is 20.9 Å². The second-order valence-corrected chi connectivity index (χ2v) is 25.3. The molecule has 29 nitrogen and oxygen atoms in total. The molecule has 30 atom stereocenters. The lowest BCUT2D eigenvalue weighted by Gasteiger charge is -2.52. The van der Waals surface area contributed by atoms with Gasteiger partial charge in [0, 0.05) is 82.2 Å². The van der Waals surface area contributed by atoms with E-state index in [2.05, 4.69) is 37.5 Å². The molecular formula is C63H101N7O22. The van der Waals surface area contributed by atoms with Crippen LogP contribution in [-0.4, -0.2) is 225 Å². The Morgan fingerprint density at radius 2 is 0.880 bits per heavy atom. The number of ether oxygens (including phenoxy) is 18. The molecule has 0 saturated carbocycles. The molecule has 520 valence electrons. The van der Waals surface area contributed by atoms with Gasteiger partial charge in [-0.15, -0.1) is 0 Å². The van der Waals surface area contributed by atoms with Gasteiger partial charge in [-0.05, 0) is 75.5 Å². The van der Waals surface area contributed by atoms with Gasteiger partial charge in [-0.25, -0.2) is 0 Å². The van der Waals surface area contributed by atoms with Gasteiger partial charge in [0.15, 0.2) is 37.7 Å². The van der Waals surface area contributed by atoms with Gasteiger partial charge in [-0.2, -0.15) is 0 Å². The van der Waals surface area contributed by atoms with Crippen LogP contribution in [0.1, 0.15) is 108 Å². The number of nitrogens with zero attached hydrogens (tertiary/aromatic N) is 6. The highest BCUT2D eigenvalue weighted by atomic mass is 16.8. The first-order valence-electron chi connectivity index (χ1n) is 32.3. The summed E-state index contributed by atoms with van der Waals surface area (Å²) in [5.74, 6) is -4.72. The number of hydrogen-bond donors (Lipinski definition) is 2. The Morgan fingerprint density at radius 1 is 0.489 bits per heavy atom. The zero-order valence-corrected chi connectivity index (χ0v) is 56.1. The second-order valence-electron chi connectivity index (χ2n) is 25.3. The Kier molecular flexibility index (Phi) is 28.9. The third kappa shape index (κ3) is 18.6. The number of likely N-dealkylation sites (N-methyl/N-ethyl adjacent to an activating group) is 1. The van der Waals surface area contributed by atoms with Gasteiger partial charge in [0.25, 0.3) is 0 Å². The molecule has 92 heavy (non-hydrogen) atoms. The second kappa shape index (κ2) is 35.5. The number of esters is 3. The normalized spacial score (nSPS) is 41.5. The number of rotatable bonds is 29. The Morgan fingerprint density at radius 3 is 1.28 bits per heavy atom. The number of carbonyl (C=O) groups excluding carboxylic acids is 3. The number of aliphatic hydroxyl groups excluding tert-OH is 1. The highest BCUT2D eigenvalue weighted by molar-refractivity contribution is 5.66. The molecule has 0 bridgehead atoms. The van der Waals surface area contributed by atoms with Crippen molar-refractivity contribution in [1.82, 2.24) is 5.32 Å². The highest BCUT2D eigenvalue weighted by Crippen LogP contribution is 2.43. The predicted octanol–water partition coefficient (Wildman–Crippen LogP) is 6.61. The van der Waals surface area contributed by atoms with Gasteiger partial charge in [0.05, 0.1) is 73.1 Å². The summed E-state index contributed by atoms with van der Waals surface area (Å²) < 4.78 is 114. The fourth-order valence-electron chi connectivity index (χ4n) is 13.7. The fourth-order valence-corrected chi connectivity index (χ4v) is 13.7. The molecule has 0 radical (unpaired) electrons. The Bertz CT molecular complexity index is 2560. The third-order valence-corrected chi connectivity index (χ3v) is 18.9. The first-order valence-corrected chi connectivity index (χ1v) is 32.3. The minimum atomic E-state index is -1.25. The Hall–Kier alpha value is -4.43. The SMILES string of the molecule is CNC1[C@H](OCCCCCc2ccccc2)OC(COC(C)=O)[C@@H](O[C@@H]2OC(C)[C@H](O[C@@H]3OC(COC(C)=O)[C@@H](O[C@@H]4OC(C)[C@H](O[C@@H]5OC(COC(C)=O)[C@@H](O[C@@H]6OC(C)[C@@H](O)C(OC)[C@@H]6C)[C@H](C)C5N=[N+]=[N-])C(OC)[C@@H]4C)[C@H](C)C3N=[N+]=[N-])C(OC)[C@@H]2C)[C@@H]1C. The maximum atomic E-state index is 12.5. The number of nitrogens with one attached hydrogen (secondary N) is 1. The van der Waals surface area contributed by atoms with E-state index >= 15 is 0 Å². The molecule has 1 aromatic carbocycles. The van der Waals surface area contributed by atoms with Crippen molar-refractivity contribution in [2.75, 3.05) is 54.8 Å². The van der Waals surface area contributed by atoms with Crippen molar-refractivity contribution in [2.45, 2.75) is 256 Å². The number of azide groups is 2. The number of benzene rings is 1. The van der Waals surface area contributed by atoms with Gasteiger partial charge in [-0.1, -0.05) is 88.5 Å². The summed E-state index contributed by atoms with van der Waals surface area (Å²) in [7, 11) is 6.39. The molecule has 0 spiro atoms. The molecule has 0 aliphatic carbocycles. The number of carbonyl (C=O) groups is 3. The molecule has 7 rings (SSSR count). The fraction of sp³-hybridized carbons (Fsp3) is 0.857. The molecule has 12 unspecified atom stereocenters. The van der Waals surface area contributed by atoms with E-state index < -0.39 is 189 Å². The van der Waals surface area contributed by atoms with E-state index in [1.807, 2.05) is 66.8 Å². The lowest BCUT2D eigenvalue weighted by atomic mass is 9.87. The van der Waals surface area contributed by atoms with Gasteiger partial charge >= 0.3 is 17.9 Å². The summed E-state index contributed by atoms with van der Waals surface area (Å²) in [6, 6.07) is 8.02. The Balaban J connectivity index is 1.03. The van der Waals surface area contributed by atoms with Gasteiger partial charge in [0.2, 0.25) is 0 Å². The van der Waals surface area contributed by atoms with E-state index in [1.54, 1.807) is 27.9 Å². The van der Waals surface area contributed by atoms with E-state index in [9.17, 15) is 30.6 Å². The molecule has 2 N–H and O–H groups in total. The molecule has 6 fully saturated rings. The minimum absolute atomic E-state index is 0.0890. The lowest BCUT2D eigenvalue weighted by molar-refractivity contribution is -0.368. The Labute approximate surface area is 539 Å². The first-order chi connectivity index (χ1) is 44.0. The van der Waals surface area contributed by atoms with Crippen molar-refractivity contribution in [1.29, 1.82) is 0 Å². The smallest absolute Gasteiger partial charge is 0.302 e. The molecular weight excluding hydrogens is 1210 g/mol. The van der Waals surface area contributed by atoms with Crippen LogP contribution in [0.15, 0.2) is 40.6 Å². The quantitative estimate of drug-likeness (QED) is 0.0213. The highest BCUT2D eigenvalue weighted by Gasteiger charge is 2.56. The van der Waals surface area contributed by atoms with Crippen LogP contribution in [0.3, 0.4) is 0 Å². The van der Waals surface area contributed by atoms with E-state index in [-0.39, 0.29) is 31.8 Å². The van der Waals surface area contributed by atoms with Crippen molar-refractivity contribution >= 4 is 17.9 Å². The van der Waals surface area contributed by atoms with Crippen LogP contribution in [0, 0.1) is 35.5 Å². The first kappa shape index (κ1) is 75.0. The average Bonchev–Trinajstić information content (AvgIpc) is 0.787. The number of aliphatic hydroxyl groups is 1. The third-order valence-electron chi connectivity index (χ3n) is 18.9. The maximum Gasteiger partial charge on any atom is 0.302 e. The largest absolute Gasteiger partial charge is 0.463 e. The van der Waals surface area contributed by atoms with Crippen molar-refractivity contribution in [2.24, 2.45) is 45.7 Å². The van der Waals surface area contributed by atoms with Crippen molar-refractivity contribution in [3.05, 3.63) is 56.8 Å². The maximum absolute atomic E-state index is 12.5. The van der Waals surface area contributed by atoms with E-state index in [0.717, 1.165) is 25.7 Å². The van der Waals surface area contributed by atoms with Crippen molar-refractivity contribution < 1.29 is 105 Å². The number of aryl methyl sites for hydroxylation is 1. The van der Waals surface area contributed by atoms with Crippen LogP contribution in [0.5, 0.6) is 0 Å². The molecule has 6 aliphatic rings. The van der Waals surface area contributed by atoms with Crippen LogP contribution in [0.2, 0.25) is 0 Å². The van der Waals surface area contributed by atoms with Crippen LogP contribution in [-0.2, 0) is 106 Å². The molecule has 6 aliphatic heterocycles. The summed E-state index contributed by atoms with van der Waals surface area (Å²) in [6.07, 6.45) is -14.2. The number of unbranched alkanes of at least 4 members (excludes halogenated alkanes) is 2. The number of hydrogen-bond acceptors (Lipinski definition) is 25. The summed E-state index contributed by atoms with van der Waals surface area (Å²) in [6.45, 7) is 20.2. The summed E-state index contributed by atoms with van der Waals surface area (Å²) in [5.41, 5.74) is 21.4. The zero-order valence-electron chi connectivity index (χ0n) is 56.1. The van der Waals surface area contributed by atoms with Gasteiger partial charge < -0.3 is 95.7 Å². The monoisotopic (exact) mass is 1310 g/mol. The van der Waals surface area contributed by atoms with Crippen LogP contribution >= 0.6 is 0 Å². The summed E-state index contributed by atoms with van der Waals surface area (Å²) in [5, 5.41) is 22.5. The van der Waals surface area contributed by atoms with E-state index in [0.29, 0.717) is 6.61 Å². The molecule has 6 heterocycles. The minimum Gasteiger partial charge on any atom is -0.463 e. The molecule has 29 heteroatoms. The molecule has 1 aromatic rings. The van der Waals surface area contributed by atoms with Crippen LogP contribution < -0.4 is 5.32 Å². The van der Waals surface area contributed by atoms with Crippen LogP contribution in [0.4, 0.5) is 0 Å². The predicted molar refractivity (Wildman–Crippen MR) is 325 cm³/mol. The van der Waals surface area contributed by atoms with Crippen molar-refractivity contribution in [3.63, 3.8) is 0 Å². The van der Waals surface area contributed by atoms with E-state index in [1.165, 1.54) is 40.6 Å². The van der Waals surface area contributed by atoms with Gasteiger partial charge in [0.1, 0.15) is 56.4 Å². The standard InChI is InChI=1S/C63H101N7O22/c1-30-46(66-13)61(78-26-22-18-21-25-42-23-19-17-20-24-42)85-43(27-79-39(10)71)50(30)88-59-34(5)54(76-15)56(37(8)83-59)91-63-48(68-70-65)32(3)52(45(87-63)29-81-41(12)73)90-60-35(6)55(77-16)57(38(9)84-60)92-62-47(67-69-64)31(2)51(44(86-62)28-80-40(11)72)89-58-33(4)53(75-14)49(74)36(7)82-58/h17,19-20,23-24,30-38,43-63,66,74H,18,21-22,25-29H2,1-16H3/t30-,31-,32-,33+,34+,35+,36?,37?,38?,43?,44?,45?,46?,47?,48?,49-,50+,51+,52+,53?,54?,55?,56+,57+,58+,59+,60+,61-,62+,63+/m1/s1. The summed E-state index contributed by atoms with van der Waals surface area (Å²) >= 11 is 0. The summed E-state index contributed by atoms with van der Waals surface area (Å²) in [4.78, 5) is 43.3. The molecule has 6 saturated heterocycles. The average molecular weight is 1310 g/mol. The van der Waals surface area contributed by atoms with E-state index in [4.69, 9.17) is 85.3 Å². The lowest BCUT2D eigenvalue weighted by Crippen LogP contribution is -2.64. The van der Waals surface area contributed by atoms with Crippen molar-refractivity contribution in [3.8, 4) is 0 Å². The topological polar surface area (TPSA) is 347 Å².